The van der Waals surface area contributed by atoms with Crippen LogP contribution >= 0.6 is 27.5 Å². The summed E-state index contributed by atoms with van der Waals surface area (Å²) in [6, 6.07) is 11.6. The van der Waals surface area contributed by atoms with Crippen LogP contribution in [0.3, 0.4) is 0 Å². The zero-order valence-corrected chi connectivity index (χ0v) is 13.1. The van der Waals surface area contributed by atoms with Gasteiger partial charge in [0.25, 0.3) is 5.91 Å². The molecule has 0 unspecified atom stereocenters. The minimum atomic E-state index is -0.919. The quantitative estimate of drug-likeness (QED) is 0.858. The number of anilines is 1. The molecule has 0 saturated carbocycles. The largest absolute Gasteiger partial charge is 0.481 e. The fourth-order valence-electron chi connectivity index (χ4n) is 1.82. The maximum absolute atomic E-state index is 12.1. The number of benzene rings is 2. The summed E-state index contributed by atoms with van der Waals surface area (Å²) in [6.45, 7) is 0. The van der Waals surface area contributed by atoms with E-state index in [0.29, 0.717) is 26.3 Å². The third-order valence-corrected chi connectivity index (χ3v) is 3.34. The van der Waals surface area contributed by atoms with Gasteiger partial charge >= 0.3 is 5.97 Å². The van der Waals surface area contributed by atoms with Gasteiger partial charge in [0.15, 0.2) is 0 Å². The summed E-state index contributed by atoms with van der Waals surface area (Å²) in [7, 11) is 0. The van der Waals surface area contributed by atoms with Gasteiger partial charge in [-0.2, -0.15) is 0 Å². The molecular weight excluding hydrogens is 358 g/mol. The lowest BCUT2D eigenvalue weighted by atomic mass is 10.1. The average molecular weight is 369 g/mol. The van der Waals surface area contributed by atoms with E-state index in [1.165, 1.54) is 0 Å². The highest BCUT2D eigenvalue weighted by molar-refractivity contribution is 9.10. The van der Waals surface area contributed by atoms with Crippen molar-refractivity contribution in [2.75, 3.05) is 5.32 Å². The van der Waals surface area contributed by atoms with Gasteiger partial charge in [-0.3, -0.25) is 9.59 Å². The van der Waals surface area contributed by atoms with Crippen molar-refractivity contribution in [1.29, 1.82) is 0 Å². The van der Waals surface area contributed by atoms with Crippen LogP contribution in [0.1, 0.15) is 15.9 Å². The molecule has 108 valence electrons. The van der Waals surface area contributed by atoms with Crippen LogP contribution in [0.4, 0.5) is 5.69 Å². The average Bonchev–Trinajstić information content (AvgIpc) is 2.37. The molecule has 1 amide bonds. The number of rotatable bonds is 4. The number of carboxylic acid groups (broad SMARTS) is 1. The monoisotopic (exact) mass is 367 g/mol. The molecule has 2 N–H and O–H groups in total. The van der Waals surface area contributed by atoms with Crippen molar-refractivity contribution in [2.45, 2.75) is 6.42 Å². The number of hydrogen-bond acceptors (Lipinski definition) is 2. The van der Waals surface area contributed by atoms with Gasteiger partial charge in [-0.05, 0) is 35.9 Å². The molecule has 21 heavy (non-hydrogen) atoms. The van der Waals surface area contributed by atoms with Crippen LogP contribution in [0.15, 0.2) is 46.9 Å². The predicted molar refractivity (Wildman–Crippen MR) is 84.9 cm³/mol. The Bertz CT molecular complexity index is 683. The molecule has 0 atom stereocenters. The minimum absolute atomic E-state index is 0.0908. The summed E-state index contributed by atoms with van der Waals surface area (Å²) in [5.41, 5.74) is 1.57. The molecule has 0 fully saturated rings. The molecule has 0 radical (unpaired) electrons. The van der Waals surface area contributed by atoms with E-state index < -0.39 is 5.97 Å². The van der Waals surface area contributed by atoms with Gasteiger partial charge in [0.1, 0.15) is 0 Å². The van der Waals surface area contributed by atoms with Crippen LogP contribution in [0, 0.1) is 0 Å². The predicted octanol–water partition coefficient (Wildman–Crippen LogP) is 3.98. The zero-order valence-electron chi connectivity index (χ0n) is 10.8. The van der Waals surface area contributed by atoms with E-state index in [-0.39, 0.29) is 12.3 Å². The maximum atomic E-state index is 12.1. The SMILES string of the molecule is O=C(O)Cc1cccc(NC(=O)c2cc(Cl)cc(Br)c2)c1. The van der Waals surface area contributed by atoms with E-state index >= 15 is 0 Å². The van der Waals surface area contributed by atoms with Crippen LogP contribution in [0.25, 0.3) is 0 Å². The van der Waals surface area contributed by atoms with Gasteiger partial charge in [-0.25, -0.2) is 0 Å². The Kier molecular flexibility index (Phi) is 4.98. The summed E-state index contributed by atoms with van der Waals surface area (Å²) in [5.74, 6) is -1.23. The van der Waals surface area contributed by atoms with E-state index in [1.807, 2.05) is 0 Å². The number of carboxylic acids is 1. The first-order valence-corrected chi connectivity index (χ1v) is 7.19. The maximum Gasteiger partial charge on any atom is 0.307 e. The van der Waals surface area contributed by atoms with Crippen LogP contribution in [0.2, 0.25) is 5.02 Å². The van der Waals surface area contributed by atoms with Crippen LogP contribution in [-0.2, 0) is 11.2 Å². The van der Waals surface area contributed by atoms with Crippen LogP contribution in [0.5, 0.6) is 0 Å². The first-order valence-electron chi connectivity index (χ1n) is 6.02. The number of nitrogens with one attached hydrogen (secondary N) is 1. The highest BCUT2D eigenvalue weighted by Crippen LogP contribution is 2.21. The van der Waals surface area contributed by atoms with E-state index in [1.54, 1.807) is 42.5 Å². The topological polar surface area (TPSA) is 66.4 Å². The van der Waals surface area contributed by atoms with E-state index in [4.69, 9.17) is 16.7 Å². The van der Waals surface area contributed by atoms with Crippen molar-refractivity contribution in [1.82, 2.24) is 0 Å². The fourth-order valence-corrected chi connectivity index (χ4v) is 2.68. The Morgan fingerprint density at radius 2 is 1.95 bits per heavy atom. The standard InChI is InChI=1S/C15H11BrClNO3/c16-11-6-10(7-12(17)8-11)15(21)18-13-3-1-2-9(4-13)5-14(19)20/h1-4,6-8H,5H2,(H,18,21)(H,19,20). The molecule has 2 rings (SSSR count). The first kappa shape index (κ1) is 15.5. The number of amides is 1. The molecule has 0 bridgehead atoms. The van der Waals surface area contributed by atoms with Gasteiger partial charge in [0, 0.05) is 20.7 Å². The number of carbonyl (C=O) groups excluding carboxylic acids is 1. The Morgan fingerprint density at radius 1 is 1.19 bits per heavy atom. The third-order valence-electron chi connectivity index (χ3n) is 2.66. The van der Waals surface area contributed by atoms with E-state index in [0.717, 1.165) is 0 Å². The van der Waals surface area contributed by atoms with Gasteiger partial charge in [-0.15, -0.1) is 0 Å². The smallest absolute Gasteiger partial charge is 0.307 e. The van der Waals surface area contributed by atoms with Crippen molar-refractivity contribution < 1.29 is 14.7 Å². The summed E-state index contributed by atoms with van der Waals surface area (Å²) >= 11 is 9.18. The molecule has 0 aliphatic carbocycles. The van der Waals surface area contributed by atoms with Crippen molar-refractivity contribution in [3.05, 3.63) is 63.1 Å². The Balaban J connectivity index is 2.17. The normalized spacial score (nSPS) is 10.2. The van der Waals surface area contributed by atoms with Crippen molar-refractivity contribution >= 4 is 45.1 Å². The second kappa shape index (κ2) is 6.74. The number of aliphatic carboxylic acids is 1. The van der Waals surface area contributed by atoms with E-state index in [9.17, 15) is 9.59 Å². The summed E-state index contributed by atoms with van der Waals surface area (Å²) in [4.78, 5) is 22.8. The van der Waals surface area contributed by atoms with E-state index in [2.05, 4.69) is 21.2 Å². The first-order chi connectivity index (χ1) is 9.94. The van der Waals surface area contributed by atoms with Crippen molar-refractivity contribution in [3.8, 4) is 0 Å². The molecule has 0 spiro atoms. The zero-order chi connectivity index (χ0) is 15.4. The Hall–Kier alpha value is -1.85. The molecule has 2 aromatic carbocycles. The van der Waals surface area contributed by atoms with Crippen LogP contribution in [-0.4, -0.2) is 17.0 Å². The second-order valence-corrected chi connectivity index (χ2v) is 5.74. The van der Waals surface area contributed by atoms with Crippen molar-refractivity contribution in [3.63, 3.8) is 0 Å². The lowest BCUT2D eigenvalue weighted by Gasteiger charge is -2.07. The highest BCUT2D eigenvalue weighted by atomic mass is 79.9. The molecular formula is C15H11BrClNO3. The van der Waals surface area contributed by atoms with Gasteiger partial charge in [0.2, 0.25) is 0 Å². The summed E-state index contributed by atoms with van der Waals surface area (Å²) < 4.78 is 0.708. The van der Waals surface area contributed by atoms with Crippen molar-refractivity contribution in [2.24, 2.45) is 0 Å². The third kappa shape index (κ3) is 4.58. The lowest BCUT2D eigenvalue weighted by molar-refractivity contribution is -0.136. The molecule has 6 heteroatoms. The highest BCUT2D eigenvalue weighted by Gasteiger charge is 2.09. The lowest BCUT2D eigenvalue weighted by Crippen LogP contribution is -2.12. The summed E-state index contributed by atoms with van der Waals surface area (Å²) in [5, 5.41) is 11.9. The minimum Gasteiger partial charge on any atom is -0.481 e. The Morgan fingerprint density at radius 3 is 2.62 bits per heavy atom. The Labute approximate surface area is 134 Å². The number of halogens is 2. The molecule has 0 saturated heterocycles. The molecule has 0 aromatic heterocycles. The summed E-state index contributed by atoms with van der Waals surface area (Å²) in [6.07, 6.45) is -0.0908. The van der Waals surface area contributed by atoms with Gasteiger partial charge < -0.3 is 10.4 Å². The number of hydrogen-bond donors (Lipinski definition) is 2. The fraction of sp³-hybridized carbons (Fsp3) is 0.0667. The van der Waals surface area contributed by atoms with Crippen LogP contribution < -0.4 is 5.32 Å². The molecule has 0 heterocycles. The number of carbonyl (C=O) groups is 2. The molecule has 4 nitrogen and oxygen atoms in total. The molecule has 2 aromatic rings. The molecule has 0 aliphatic heterocycles. The van der Waals surface area contributed by atoms with Gasteiger partial charge in [0.05, 0.1) is 6.42 Å². The van der Waals surface area contributed by atoms with Gasteiger partial charge in [-0.1, -0.05) is 39.7 Å². The molecule has 0 aliphatic rings. The second-order valence-electron chi connectivity index (χ2n) is 4.38.